The fourth-order valence-electron chi connectivity index (χ4n) is 2.83. The maximum Gasteiger partial charge on any atom is 0.337 e. The molecule has 8 heteroatoms. The van der Waals surface area contributed by atoms with Gasteiger partial charge in [0.2, 0.25) is 11.6 Å². The first-order chi connectivity index (χ1) is 13.5. The topological polar surface area (TPSA) is 93.0 Å². The van der Waals surface area contributed by atoms with E-state index >= 15 is 0 Å². The molecule has 0 spiro atoms. The number of benzene rings is 2. The van der Waals surface area contributed by atoms with Gasteiger partial charge in [0.15, 0.2) is 0 Å². The Kier molecular flexibility index (Phi) is 4.85. The molecule has 1 N–H and O–H groups in total. The zero-order valence-corrected chi connectivity index (χ0v) is 15.9. The normalized spacial score (nSPS) is 10.9. The molecule has 0 bridgehead atoms. The highest BCUT2D eigenvalue weighted by Crippen LogP contribution is 2.33. The summed E-state index contributed by atoms with van der Waals surface area (Å²) < 4.78 is 0. The number of rotatable bonds is 5. The van der Waals surface area contributed by atoms with Crippen molar-refractivity contribution in [3.63, 3.8) is 0 Å². The number of carboxylic acid groups (broad SMARTS) is 1. The molecular weight excluding hydrogens is 398 g/mol. The number of carboxylic acids is 1. The van der Waals surface area contributed by atoms with Crippen LogP contribution in [-0.4, -0.2) is 32.0 Å². The second kappa shape index (κ2) is 7.46. The largest absolute Gasteiger partial charge is 0.478 e. The number of thiophene rings is 1. The lowest BCUT2D eigenvalue weighted by Crippen LogP contribution is -2.11. The minimum Gasteiger partial charge on any atom is -0.478 e. The van der Waals surface area contributed by atoms with E-state index in [0.717, 1.165) is 5.56 Å². The lowest BCUT2D eigenvalue weighted by molar-refractivity contribution is 0.0697. The molecule has 0 saturated carbocycles. The van der Waals surface area contributed by atoms with Crippen LogP contribution in [0.1, 0.15) is 25.9 Å². The monoisotopic (exact) mass is 409 g/mol. The Balaban J connectivity index is 1.68. The molecule has 4 rings (SSSR count). The van der Waals surface area contributed by atoms with Gasteiger partial charge in [-0.1, -0.05) is 35.9 Å². The third-order valence-electron chi connectivity index (χ3n) is 4.17. The van der Waals surface area contributed by atoms with Crippen LogP contribution in [0, 0.1) is 0 Å². The van der Waals surface area contributed by atoms with Crippen molar-refractivity contribution in [1.29, 1.82) is 0 Å². The van der Waals surface area contributed by atoms with Crippen LogP contribution in [0.4, 0.5) is 0 Å². The lowest BCUT2D eigenvalue weighted by atomic mass is 10.0. The second-order valence-corrected chi connectivity index (χ2v) is 7.38. The molecule has 2 aromatic heterocycles. The SMILES string of the molecule is O=C(Cc1scc(-c2ccc(Cl)cc2)c1C(=O)O)c1nnc2ccccc2n1. The summed E-state index contributed by atoms with van der Waals surface area (Å²) in [6.45, 7) is 0. The van der Waals surface area contributed by atoms with Crippen LogP contribution >= 0.6 is 22.9 Å². The number of carbonyl (C=O) groups excluding carboxylic acids is 1. The standard InChI is InChI=1S/C20H12ClN3O3S/c21-12-7-5-11(6-8-12)13-10-28-17(18(13)20(26)27)9-16(25)19-22-14-3-1-2-4-15(14)23-24-19/h1-8,10H,9H2,(H,26,27). The van der Waals surface area contributed by atoms with Crippen molar-refractivity contribution >= 4 is 45.7 Å². The third kappa shape index (κ3) is 3.49. The van der Waals surface area contributed by atoms with Gasteiger partial charge in [-0.25, -0.2) is 9.78 Å². The van der Waals surface area contributed by atoms with Crippen molar-refractivity contribution in [1.82, 2.24) is 15.2 Å². The van der Waals surface area contributed by atoms with Gasteiger partial charge in [0.1, 0.15) is 5.52 Å². The van der Waals surface area contributed by atoms with E-state index in [1.54, 1.807) is 47.8 Å². The van der Waals surface area contributed by atoms with E-state index in [1.165, 1.54) is 11.3 Å². The lowest BCUT2D eigenvalue weighted by Gasteiger charge is -2.04. The van der Waals surface area contributed by atoms with E-state index in [2.05, 4.69) is 15.2 Å². The van der Waals surface area contributed by atoms with Gasteiger partial charge in [-0.2, -0.15) is 0 Å². The average Bonchev–Trinajstić information content (AvgIpc) is 3.12. The second-order valence-electron chi connectivity index (χ2n) is 5.98. The molecule has 0 aliphatic rings. The number of halogens is 1. The molecule has 2 heterocycles. The number of aromatic carboxylic acids is 1. The van der Waals surface area contributed by atoms with Crippen molar-refractivity contribution < 1.29 is 14.7 Å². The molecule has 0 atom stereocenters. The molecule has 0 amide bonds. The maximum atomic E-state index is 12.7. The number of fused-ring (bicyclic) bond motifs is 1. The summed E-state index contributed by atoms with van der Waals surface area (Å²) in [5.74, 6) is -1.51. The van der Waals surface area contributed by atoms with E-state index < -0.39 is 5.97 Å². The molecule has 28 heavy (non-hydrogen) atoms. The van der Waals surface area contributed by atoms with E-state index in [4.69, 9.17) is 11.6 Å². The Morgan fingerprint density at radius 1 is 1.00 bits per heavy atom. The number of hydrogen-bond donors (Lipinski definition) is 1. The number of hydrogen-bond acceptors (Lipinski definition) is 6. The molecule has 0 aliphatic carbocycles. The summed E-state index contributed by atoms with van der Waals surface area (Å²) in [7, 11) is 0. The number of Topliss-reactive ketones (excluding diaryl/α,β-unsaturated/α-hetero) is 1. The third-order valence-corrected chi connectivity index (χ3v) is 5.41. The Morgan fingerprint density at radius 3 is 2.43 bits per heavy atom. The highest BCUT2D eigenvalue weighted by Gasteiger charge is 2.23. The highest BCUT2D eigenvalue weighted by atomic mass is 35.5. The molecule has 138 valence electrons. The van der Waals surface area contributed by atoms with Crippen LogP contribution in [0.25, 0.3) is 22.2 Å². The molecular formula is C20H12ClN3O3S. The first-order valence-electron chi connectivity index (χ1n) is 8.25. The van der Waals surface area contributed by atoms with Crippen molar-refractivity contribution in [3.8, 4) is 11.1 Å². The van der Waals surface area contributed by atoms with E-state index in [9.17, 15) is 14.7 Å². The Morgan fingerprint density at radius 2 is 1.71 bits per heavy atom. The Hall–Kier alpha value is -3.16. The molecule has 0 radical (unpaired) electrons. The predicted octanol–water partition coefficient (Wildman–Crippen LogP) is 4.53. The van der Waals surface area contributed by atoms with Gasteiger partial charge in [0.25, 0.3) is 0 Å². The molecule has 4 aromatic rings. The van der Waals surface area contributed by atoms with Gasteiger partial charge in [0.05, 0.1) is 11.1 Å². The summed E-state index contributed by atoms with van der Waals surface area (Å²) in [6, 6.07) is 14.0. The first kappa shape index (κ1) is 18.2. The van der Waals surface area contributed by atoms with Crippen LogP contribution < -0.4 is 0 Å². The predicted molar refractivity (Wildman–Crippen MR) is 107 cm³/mol. The van der Waals surface area contributed by atoms with Crippen molar-refractivity contribution in [2.45, 2.75) is 6.42 Å². The van der Waals surface area contributed by atoms with Gasteiger partial charge in [0, 0.05) is 21.9 Å². The first-order valence-corrected chi connectivity index (χ1v) is 9.51. The fraction of sp³-hybridized carbons (Fsp3) is 0.0500. The summed E-state index contributed by atoms with van der Waals surface area (Å²) in [4.78, 5) is 29.2. The molecule has 0 saturated heterocycles. The molecule has 0 unspecified atom stereocenters. The smallest absolute Gasteiger partial charge is 0.337 e. The van der Waals surface area contributed by atoms with Crippen LogP contribution in [0.3, 0.4) is 0 Å². The number of carbonyl (C=O) groups is 2. The quantitative estimate of drug-likeness (QED) is 0.487. The minimum absolute atomic E-state index is 0.0310. The van der Waals surface area contributed by atoms with Crippen LogP contribution in [0.2, 0.25) is 5.02 Å². The van der Waals surface area contributed by atoms with E-state index in [-0.39, 0.29) is 23.6 Å². The number of aromatic nitrogens is 3. The average molecular weight is 410 g/mol. The molecule has 6 nitrogen and oxygen atoms in total. The van der Waals surface area contributed by atoms with Crippen LogP contribution in [0.15, 0.2) is 53.9 Å². The van der Waals surface area contributed by atoms with Crippen molar-refractivity contribution in [2.24, 2.45) is 0 Å². The van der Waals surface area contributed by atoms with Gasteiger partial charge < -0.3 is 5.11 Å². The fourth-order valence-corrected chi connectivity index (χ4v) is 4.00. The molecule has 0 fully saturated rings. The van der Waals surface area contributed by atoms with Crippen molar-refractivity contribution in [3.05, 3.63) is 75.2 Å². The Bertz CT molecular complexity index is 1210. The van der Waals surface area contributed by atoms with Gasteiger partial charge in [-0.15, -0.1) is 21.5 Å². The number of ketones is 1. The zero-order chi connectivity index (χ0) is 19.7. The number of nitrogens with zero attached hydrogens (tertiary/aromatic N) is 3. The van der Waals surface area contributed by atoms with Crippen molar-refractivity contribution in [2.75, 3.05) is 0 Å². The van der Waals surface area contributed by atoms with Crippen LogP contribution in [0.5, 0.6) is 0 Å². The maximum absolute atomic E-state index is 12.7. The van der Waals surface area contributed by atoms with Gasteiger partial charge >= 0.3 is 5.97 Å². The summed E-state index contributed by atoms with van der Waals surface area (Å²) in [5, 5.41) is 19.9. The van der Waals surface area contributed by atoms with Gasteiger partial charge in [-0.05, 0) is 35.2 Å². The van der Waals surface area contributed by atoms with E-state index in [0.29, 0.717) is 26.5 Å². The Labute approximate surface area is 168 Å². The molecule has 2 aromatic carbocycles. The summed E-state index contributed by atoms with van der Waals surface area (Å²) in [6.07, 6.45) is -0.111. The summed E-state index contributed by atoms with van der Waals surface area (Å²) in [5.41, 5.74) is 2.53. The van der Waals surface area contributed by atoms with Gasteiger partial charge in [-0.3, -0.25) is 4.79 Å². The zero-order valence-electron chi connectivity index (χ0n) is 14.3. The number of para-hydroxylation sites is 1. The summed E-state index contributed by atoms with van der Waals surface area (Å²) >= 11 is 7.13. The minimum atomic E-state index is -1.09. The van der Waals surface area contributed by atoms with Crippen LogP contribution in [-0.2, 0) is 6.42 Å². The molecule has 0 aliphatic heterocycles. The van der Waals surface area contributed by atoms with E-state index in [1.807, 2.05) is 6.07 Å². The highest BCUT2D eigenvalue weighted by molar-refractivity contribution is 7.11.